The number of rotatable bonds is 5. The third-order valence-electron chi connectivity index (χ3n) is 4.15. The lowest BCUT2D eigenvalue weighted by Gasteiger charge is -2.12. The monoisotopic (exact) mass is 320 g/mol. The van der Waals surface area contributed by atoms with Crippen molar-refractivity contribution in [2.24, 2.45) is 0 Å². The molecule has 3 rings (SSSR count). The molecule has 0 atom stereocenters. The summed E-state index contributed by atoms with van der Waals surface area (Å²) in [7, 11) is 1.57. The zero-order valence-corrected chi connectivity index (χ0v) is 13.6. The maximum absolute atomic E-state index is 12.8. The smallest absolute Gasteiger partial charge is 0.332 e. The minimum Gasteiger partial charge on any atom is -0.383 e. The fraction of sp³-hybridized carbons (Fsp3) is 0.500. The largest absolute Gasteiger partial charge is 0.383 e. The third-order valence-corrected chi connectivity index (χ3v) is 5.46. The van der Waals surface area contributed by atoms with Crippen LogP contribution in [0.25, 0.3) is 10.2 Å². The van der Waals surface area contributed by atoms with E-state index in [2.05, 4.69) is 6.58 Å². The number of aryl methyl sites for hydroxylation is 2. The van der Waals surface area contributed by atoms with Crippen LogP contribution in [0, 0.1) is 0 Å². The molecule has 0 aromatic carbocycles. The average Bonchev–Trinajstić information content (AvgIpc) is 2.91. The van der Waals surface area contributed by atoms with Gasteiger partial charge in [-0.1, -0.05) is 6.08 Å². The first-order valence-electron chi connectivity index (χ1n) is 7.56. The fourth-order valence-corrected chi connectivity index (χ4v) is 4.47. The standard InChI is InChI=1S/C16H20N2O3S/c1-3-8-18-15-13(11-6-4-5-7-12(11)22-15)14(19)17(16(18)20)9-10-21-2/h3H,1,4-10H2,2H3. The molecule has 2 heterocycles. The first-order valence-corrected chi connectivity index (χ1v) is 8.38. The molecule has 1 aliphatic rings. The highest BCUT2D eigenvalue weighted by molar-refractivity contribution is 7.18. The van der Waals surface area contributed by atoms with Gasteiger partial charge < -0.3 is 4.74 Å². The Morgan fingerprint density at radius 1 is 1.27 bits per heavy atom. The van der Waals surface area contributed by atoms with Crippen LogP contribution in [0.4, 0.5) is 0 Å². The summed E-state index contributed by atoms with van der Waals surface area (Å²) in [6.07, 6.45) is 5.90. The van der Waals surface area contributed by atoms with E-state index in [-0.39, 0.29) is 17.8 Å². The van der Waals surface area contributed by atoms with Crippen molar-refractivity contribution in [3.8, 4) is 0 Å². The molecule has 0 N–H and O–H groups in total. The number of nitrogens with zero attached hydrogens (tertiary/aromatic N) is 2. The molecule has 118 valence electrons. The molecule has 0 bridgehead atoms. The summed E-state index contributed by atoms with van der Waals surface area (Å²) in [5.74, 6) is 0. The van der Waals surface area contributed by atoms with Crippen molar-refractivity contribution in [1.29, 1.82) is 0 Å². The molecule has 0 spiro atoms. The molecular weight excluding hydrogens is 300 g/mol. The van der Waals surface area contributed by atoms with Crippen LogP contribution < -0.4 is 11.2 Å². The van der Waals surface area contributed by atoms with Crippen molar-refractivity contribution < 1.29 is 4.74 Å². The van der Waals surface area contributed by atoms with Gasteiger partial charge in [-0.25, -0.2) is 4.79 Å². The molecule has 0 aliphatic heterocycles. The van der Waals surface area contributed by atoms with Crippen LogP contribution in [-0.2, 0) is 30.7 Å². The molecule has 0 saturated heterocycles. The van der Waals surface area contributed by atoms with Crippen LogP contribution in [0.2, 0.25) is 0 Å². The van der Waals surface area contributed by atoms with E-state index < -0.39 is 0 Å². The molecule has 22 heavy (non-hydrogen) atoms. The van der Waals surface area contributed by atoms with Crippen molar-refractivity contribution in [2.45, 2.75) is 38.8 Å². The predicted molar refractivity (Wildman–Crippen MR) is 89.1 cm³/mol. The molecular formula is C16H20N2O3S. The Kier molecular flexibility index (Phi) is 4.31. The van der Waals surface area contributed by atoms with Gasteiger partial charge in [0.2, 0.25) is 0 Å². The normalized spacial score (nSPS) is 14.2. The van der Waals surface area contributed by atoms with Crippen molar-refractivity contribution >= 4 is 21.6 Å². The van der Waals surface area contributed by atoms with E-state index in [9.17, 15) is 9.59 Å². The molecule has 0 saturated carbocycles. The second kappa shape index (κ2) is 6.22. The van der Waals surface area contributed by atoms with Crippen LogP contribution >= 0.6 is 11.3 Å². The molecule has 0 fully saturated rings. The van der Waals surface area contributed by atoms with Gasteiger partial charge in [0.1, 0.15) is 4.83 Å². The summed E-state index contributed by atoms with van der Waals surface area (Å²) < 4.78 is 8.01. The Hall–Kier alpha value is -1.66. The van der Waals surface area contributed by atoms with Gasteiger partial charge in [0.25, 0.3) is 5.56 Å². The van der Waals surface area contributed by atoms with Crippen LogP contribution in [0.5, 0.6) is 0 Å². The highest BCUT2D eigenvalue weighted by atomic mass is 32.1. The molecule has 6 heteroatoms. The first-order chi connectivity index (χ1) is 10.7. The SMILES string of the molecule is C=CCn1c(=O)n(CCOC)c(=O)c2c3c(sc21)CCCC3. The minimum absolute atomic E-state index is 0.170. The molecule has 2 aromatic rings. The van der Waals surface area contributed by atoms with Gasteiger partial charge >= 0.3 is 5.69 Å². The van der Waals surface area contributed by atoms with E-state index in [4.69, 9.17) is 4.74 Å². The Morgan fingerprint density at radius 2 is 2.05 bits per heavy atom. The lowest BCUT2D eigenvalue weighted by Crippen LogP contribution is -2.40. The summed E-state index contributed by atoms with van der Waals surface area (Å²) in [6, 6.07) is 0. The van der Waals surface area contributed by atoms with Gasteiger partial charge in [0, 0.05) is 18.5 Å². The summed E-state index contributed by atoms with van der Waals surface area (Å²) >= 11 is 1.60. The molecule has 0 amide bonds. The van der Waals surface area contributed by atoms with Crippen LogP contribution in [0.15, 0.2) is 22.2 Å². The van der Waals surface area contributed by atoms with Gasteiger partial charge in [-0.2, -0.15) is 0 Å². The topological polar surface area (TPSA) is 53.2 Å². The Balaban J connectivity index is 2.34. The van der Waals surface area contributed by atoms with Crippen LogP contribution in [-0.4, -0.2) is 22.9 Å². The van der Waals surface area contributed by atoms with Crippen LogP contribution in [0.3, 0.4) is 0 Å². The second-order valence-electron chi connectivity index (χ2n) is 5.52. The fourth-order valence-electron chi connectivity index (χ4n) is 3.09. The van der Waals surface area contributed by atoms with Crippen LogP contribution in [0.1, 0.15) is 23.3 Å². The molecule has 5 nitrogen and oxygen atoms in total. The summed E-state index contributed by atoms with van der Waals surface area (Å²) in [4.78, 5) is 27.5. The third kappa shape index (κ3) is 2.36. The lowest BCUT2D eigenvalue weighted by atomic mass is 9.97. The van der Waals surface area contributed by atoms with Gasteiger partial charge in [-0.3, -0.25) is 13.9 Å². The number of hydrogen-bond donors (Lipinski definition) is 0. The van der Waals surface area contributed by atoms with Crippen molar-refractivity contribution in [3.63, 3.8) is 0 Å². The van der Waals surface area contributed by atoms with E-state index in [1.807, 2.05) is 0 Å². The Morgan fingerprint density at radius 3 is 2.77 bits per heavy atom. The highest BCUT2D eigenvalue weighted by Gasteiger charge is 2.23. The van der Waals surface area contributed by atoms with E-state index in [1.54, 1.807) is 29.1 Å². The van der Waals surface area contributed by atoms with Crippen molar-refractivity contribution in [3.05, 3.63) is 43.9 Å². The molecule has 0 radical (unpaired) electrons. The zero-order chi connectivity index (χ0) is 15.7. The van der Waals surface area contributed by atoms with Crippen molar-refractivity contribution in [1.82, 2.24) is 9.13 Å². The number of fused-ring (bicyclic) bond motifs is 3. The summed E-state index contributed by atoms with van der Waals surface area (Å²) in [6.45, 7) is 4.78. The zero-order valence-electron chi connectivity index (χ0n) is 12.8. The lowest BCUT2D eigenvalue weighted by molar-refractivity contribution is 0.184. The van der Waals surface area contributed by atoms with Gasteiger partial charge in [-0.05, 0) is 31.2 Å². The van der Waals surface area contributed by atoms with E-state index in [0.29, 0.717) is 13.2 Å². The molecule has 0 unspecified atom stereocenters. The van der Waals surface area contributed by atoms with Gasteiger partial charge in [-0.15, -0.1) is 17.9 Å². The predicted octanol–water partition coefficient (Wildman–Crippen LogP) is 1.94. The molecule has 2 aromatic heterocycles. The Labute approximate surface area is 132 Å². The van der Waals surface area contributed by atoms with E-state index >= 15 is 0 Å². The van der Waals surface area contributed by atoms with E-state index in [1.165, 1.54) is 9.44 Å². The first kappa shape index (κ1) is 15.2. The number of allylic oxidation sites excluding steroid dienone is 1. The number of aromatic nitrogens is 2. The van der Waals surface area contributed by atoms with Crippen molar-refractivity contribution in [2.75, 3.05) is 13.7 Å². The van der Waals surface area contributed by atoms with Gasteiger partial charge in [0.05, 0.1) is 18.5 Å². The summed E-state index contributed by atoms with van der Waals surface area (Å²) in [5, 5.41) is 0.734. The van der Waals surface area contributed by atoms with Gasteiger partial charge in [0.15, 0.2) is 0 Å². The summed E-state index contributed by atoms with van der Waals surface area (Å²) in [5.41, 5.74) is 0.713. The Bertz CT molecular complexity index is 828. The number of thiophene rings is 1. The maximum Gasteiger partial charge on any atom is 0.332 e. The maximum atomic E-state index is 12.8. The highest BCUT2D eigenvalue weighted by Crippen LogP contribution is 2.34. The number of methoxy groups -OCH3 is 1. The average molecular weight is 320 g/mol. The molecule has 1 aliphatic carbocycles. The second-order valence-corrected chi connectivity index (χ2v) is 6.61. The quantitative estimate of drug-likeness (QED) is 0.791. The number of ether oxygens (including phenoxy) is 1. The minimum atomic E-state index is -0.270. The number of hydrogen-bond acceptors (Lipinski definition) is 4. The van der Waals surface area contributed by atoms with E-state index in [0.717, 1.165) is 41.5 Å².